The van der Waals surface area contributed by atoms with Gasteiger partial charge in [-0.3, -0.25) is 4.79 Å². The first-order valence-electron chi connectivity index (χ1n) is 8.81. The largest absolute Gasteiger partial charge is 0.351 e. The number of anilines is 1. The van der Waals surface area contributed by atoms with Crippen molar-refractivity contribution in [2.24, 2.45) is 0 Å². The lowest BCUT2D eigenvalue weighted by molar-refractivity contribution is -0.113. The average molecular weight is 469 g/mol. The third-order valence-corrected chi connectivity index (χ3v) is 5.27. The summed E-state index contributed by atoms with van der Waals surface area (Å²) in [6, 6.07) is 14.8. The minimum Gasteiger partial charge on any atom is -0.351 e. The molecule has 3 N–H and O–H groups in total. The number of hydrogen-bond donors (Lipinski definition) is 3. The molecule has 0 fully saturated rings. The van der Waals surface area contributed by atoms with Crippen LogP contribution in [0, 0.1) is 0 Å². The lowest BCUT2D eigenvalue weighted by atomic mass is 9.94. The molecule has 1 aliphatic rings. The molecule has 1 aliphatic heterocycles. The average Bonchev–Trinajstić information content (AvgIpc) is 3.24. The molecule has 9 heteroatoms. The van der Waals surface area contributed by atoms with Crippen LogP contribution < -0.4 is 16.0 Å². The number of benzene rings is 2. The Morgan fingerprint density at radius 3 is 2.55 bits per heavy atom. The van der Waals surface area contributed by atoms with Crippen LogP contribution >= 0.6 is 28.1 Å². The van der Waals surface area contributed by atoms with Crippen LogP contribution in [-0.2, 0) is 4.79 Å². The molecule has 0 saturated heterocycles. The maximum atomic E-state index is 13.1. The van der Waals surface area contributed by atoms with Crippen molar-refractivity contribution in [2.75, 3.05) is 5.32 Å². The van der Waals surface area contributed by atoms with E-state index >= 15 is 0 Å². The van der Waals surface area contributed by atoms with Gasteiger partial charge in [0.05, 0.1) is 17.3 Å². The zero-order chi connectivity index (χ0) is 20.4. The number of amides is 1. The summed E-state index contributed by atoms with van der Waals surface area (Å²) in [6.07, 6.45) is 3.12. The van der Waals surface area contributed by atoms with Crippen LogP contribution in [0.1, 0.15) is 18.5 Å². The monoisotopic (exact) mass is 468 g/mol. The van der Waals surface area contributed by atoms with Gasteiger partial charge >= 0.3 is 0 Å². The molecule has 146 valence electrons. The van der Waals surface area contributed by atoms with E-state index in [9.17, 15) is 4.79 Å². The van der Waals surface area contributed by atoms with Crippen LogP contribution in [-0.4, -0.2) is 25.8 Å². The molecular weight excluding hydrogens is 452 g/mol. The predicted molar refractivity (Wildman–Crippen MR) is 118 cm³/mol. The summed E-state index contributed by atoms with van der Waals surface area (Å²) in [5, 5.41) is 13.8. The molecule has 0 aliphatic carbocycles. The summed E-state index contributed by atoms with van der Waals surface area (Å²) in [5.74, 6) is -0.197. The third kappa shape index (κ3) is 4.20. The summed E-state index contributed by atoms with van der Waals surface area (Å²) in [4.78, 5) is 17.0. The summed E-state index contributed by atoms with van der Waals surface area (Å²) in [7, 11) is 0. The molecule has 1 unspecified atom stereocenters. The second-order valence-electron chi connectivity index (χ2n) is 6.46. The first kappa shape index (κ1) is 19.3. The number of nitrogens with zero attached hydrogens (tertiary/aromatic N) is 3. The molecule has 0 saturated carbocycles. The Morgan fingerprint density at radius 1 is 1.17 bits per heavy atom. The van der Waals surface area contributed by atoms with Crippen LogP contribution in [0.2, 0.25) is 0 Å². The van der Waals surface area contributed by atoms with E-state index in [-0.39, 0.29) is 11.9 Å². The standard InChI is InChI=1S/C20H17BrN6OS/c1-12-17(19(28)25-15-6-4-14(21)5-7-15)18(26-20(29)24-12)13-2-8-16(9-3-13)27-11-22-10-23-27/h2-11,18H,1H3,(H,25,28)(H2,24,26,29). The van der Waals surface area contributed by atoms with Gasteiger partial charge in [-0.15, -0.1) is 0 Å². The number of thiocarbonyl (C=S) groups is 1. The number of allylic oxidation sites excluding steroid dienone is 1. The Morgan fingerprint density at radius 2 is 1.90 bits per heavy atom. The minimum absolute atomic E-state index is 0.197. The van der Waals surface area contributed by atoms with Gasteiger partial charge in [-0.1, -0.05) is 28.1 Å². The highest BCUT2D eigenvalue weighted by atomic mass is 79.9. The molecule has 4 rings (SSSR count). The van der Waals surface area contributed by atoms with E-state index in [1.807, 2.05) is 55.5 Å². The van der Waals surface area contributed by atoms with E-state index in [1.165, 1.54) is 6.33 Å². The van der Waals surface area contributed by atoms with Gasteiger partial charge in [-0.2, -0.15) is 5.10 Å². The van der Waals surface area contributed by atoms with Crippen LogP contribution in [0.4, 0.5) is 5.69 Å². The SMILES string of the molecule is CC1=C(C(=O)Nc2ccc(Br)cc2)C(c2ccc(-n3cncn3)cc2)NC(=S)N1. The molecule has 1 aromatic heterocycles. The van der Waals surface area contributed by atoms with Crippen LogP contribution in [0.15, 0.2) is 76.9 Å². The number of halogens is 1. The van der Waals surface area contributed by atoms with E-state index in [0.717, 1.165) is 15.7 Å². The Kier molecular flexibility index (Phi) is 5.41. The van der Waals surface area contributed by atoms with Crippen molar-refractivity contribution in [2.45, 2.75) is 13.0 Å². The highest BCUT2D eigenvalue weighted by molar-refractivity contribution is 9.10. The molecule has 0 radical (unpaired) electrons. The number of nitrogens with one attached hydrogen (secondary N) is 3. The molecule has 7 nitrogen and oxygen atoms in total. The summed E-state index contributed by atoms with van der Waals surface area (Å²) < 4.78 is 2.62. The number of hydrogen-bond acceptors (Lipinski definition) is 4. The summed E-state index contributed by atoms with van der Waals surface area (Å²) in [6.45, 7) is 1.85. The number of rotatable bonds is 4. The zero-order valence-corrected chi connectivity index (χ0v) is 17.8. The molecular formula is C20H17BrN6OS. The van der Waals surface area contributed by atoms with Gasteiger partial charge in [0.2, 0.25) is 0 Å². The Balaban J connectivity index is 1.63. The Labute approximate surface area is 181 Å². The van der Waals surface area contributed by atoms with Crippen molar-refractivity contribution in [3.8, 4) is 5.69 Å². The molecule has 1 atom stereocenters. The molecule has 2 aromatic carbocycles. The quantitative estimate of drug-likeness (QED) is 0.508. The molecule has 0 spiro atoms. The van der Waals surface area contributed by atoms with E-state index < -0.39 is 0 Å². The van der Waals surface area contributed by atoms with Crippen molar-refractivity contribution in [3.63, 3.8) is 0 Å². The number of carbonyl (C=O) groups excluding carboxylic acids is 1. The van der Waals surface area contributed by atoms with Gasteiger partial charge in [0, 0.05) is 15.9 Å². The second-order valence-corrected chi connectivity index (χ2v) is 7.79. The van der Waals surface area contributed by atoms with Crippen LogP contribution in [0.25, 0.3) is 5.69 Å². The lowest BCUT2D eigenvalue weighted by Crippen LogP contribution is -2.45. The first-order chi connectivity index (χ1) is 14.0. The van der Waals surface area contributed by atoms with Gasteiger partial charge in [0.25, 0.3) is 5.91 Å². The van der Waals surface area contributed by atoms with Crippen molar-refractivity contribution >= 4 is 44.9 Å². The fraction of sp³-hybridized carbons (Fsp3) is 0.100. The fourth-order valence-electron chi connectivity index (χ4n) is 3.14. The van der Waals surface area contributed by atoms with E-state index in [0.29, 0.717) is 22.1 Å². The number of carbonyl (C=O) groups is 1. The molecule has 2 heterocycles. The maximum absolute atomic E-state index is 13.1. The Hall–Kier alpha value is -3.04. The van der Waals surface area contributed by atoms with Gasteiger partial charge in [0.1, 0.15) is 12.7 Å². The third-order valence-electron chi connectivity index (χ3n) is 4.53. The smallest absolute Gasteiger partial charge is 0.255 e. The van der Waals surface area contributed by atoms with Crippen molar-refractivity contribution in [1.29, 1.82) is 0 Å². The van der Waals surface area contributed by atoms with Gasteiger partial charge in [-0.05, 0) is 61.1 Å². The van der Waals surface area contributed by atoms with Crippen molar-refractivity contribution in [1.82, 2.24) is 25.4 Å². The highest BCUT2D eigenvalue weighted by Gasteiger charge is 2.30. The van der Waals surface area contributed by atoms with Gasteiger partial charge in [-0.25, -0.2) is 9.67 Å². The highest BCUT2D eigenvalue weighted by Crippen LogP contribution is 2.28. The topological polar surface area (TPSA) is 83.9 Å². The number of aromatic nitrogens is 3. The van der Waals surface area contributed by atoms with E-state index in [1.54, 1.807) is 11.0 Å². The summed E-state index contributed by atoms with van der Waals surface area (Å²) in [5.41, 5.74) is 3.80. The van der Waals surface area contributed by atoms with Gasteiger partial charge in [0.15, 0.2) is 5.11 Å². The van der Waals surface area contributed by atoms with Crippen LogP contribution in [0.5, 0.6) is 0 Å². The van der Waals surface area contributed by atoms with Gasteiger partial charge < -0.3 is 16.0 Å². The maximum Gasteiger partial charge on any atom is 0.255 e. The van der Waals surface area contributed by atoms with Crippen molar-refractivity contribution < 1.29 is 4.79 Å². The molecule has 1 amide bonds. The zero-order valence-electron chi connectivity index (χ0n) is 15.4. The molecule has 3 aromatic rings. The van der Waals surface area contributed by atoms with E-state index in [4.69, 9.17) is 12.2 Å². The van der Waals surface area contributed by atoms with E-state index in [2.05, 4.69) is 42.0 Å². The molecule has 29 heavy (non-hydrogen) atoms. The lowest BCUT2D eigenvalue weighted by Gasteiger charge is -2.30. The van der Waals surface area contributed by atoms with Crippen LogP contribution in [0.3, 0.4) is 0 Å². The van der Waals surface area contributed by atoms with Crippen molar-refractivity contribution in [3.05, 3.63) is 82.5 Å². The summed E-state index contributed by atoms with van der Waals surface area (Å²) >= 11 is 8.72. The predicted octanol–water partition coefficient (Wildman–Crippen LogP) is 3.46. The first-order valence-corrected chi connectivity index (χ1v) is 10.0. The molecule has 0 bridgehead atoms. The fourth-order valence-corrected chi connectivity index (χ4v) is 3.67. The normalized spacial score (nSPS) is 16.2. The Bertz CT molecular complexity index is 1080. The minimum atomic E-state index is -0.371. The second kappa shape index (κ2) is 8.14.